The fourth-order valence-corrected chi connectivity index (χ4v) is 5.52. The SMILES string of the molecule is CCC/C=C\CCCCCCCC(=O)OC(COC(=O)CCCCCCCCCCCCCCC)COP(=O)(O)OCCN. The van der Waals surface area contributed by atoms with E-state index in [9.17, 15) is 19.0 Å². The van der Waals surface area contributed by atoms with Crippen molar-refractivity contribution >= 4 is 19.8 Å². The average Bonchev–Trinajstić information content (AvgIpc) is 3.00. The number of nitrogens with two attached hydrogens (primary N) is 1. The Labute approximate surface area is 269 Å². The van der Waals surface area contributed by atoms with Crippen molar-refractivity contribution in [2.75, 3.05) is 26.4 Å². The zero-order valence-electron chi connectivity index (χ0n) is 28.2. The first-order valence-corrected chi connectivity index (χ1v) is 19.2. The third-order valence-corrected chi connectivity index (χ3v) is 8.37. The zero-order chi connectivity index (χ0) is 32.6. The van der Waals surface area contributed by atoms with Crippen molar-refractivity contribution in [2.45, 2.75) is 168 Å². The van der Waals surface area contributed by atoms with Gasteiger partial charge in [-0.2, -0.15) is 0 Å². The Morgan fingerprint density at radius 1 is 0.659 bits per heavy atom. The lowest BCUT2D eigenvalue weighted by Gasteiger charge is -2.19. The molecule has 0 spiro atoms. The van der Waals surface area contributed by atoms with Crippen molar-refractivity contribution in [3.05, 3.63) is 12.2 Å². The molecule has 0 rings (SSSR count). The molecule has 260 valence electrons. The van der Waals surface area contributed by atoms with E-state index in [4.69, 9.17) is 24.3 Å². The fourth-order valence-electron chi connectivity index (χ4n) is 4.75. The monoisotopic (exact) mass is 647 g/mol. The van der Waals surface area contributed by atoms with Crippen molar-refractivity contribution in [2.24, 2.45) is 5.73 Å². The smallest absolute Gasteiger partial charge is 0.462 e. The Bertz CT molecular complexity index is 749. The average molecular weight is 648 g/mol. The minimum absolute atomic E-state index is 0.0543. The van der Waals surface area contributed by atoms with Crippen LogP contribution in [0.2, 0.25) is 0 Å². The number of ether oxygens (including phenoxy) is 2. The first-order chi connectivity index (χ1) is 21.3. The summed E-state index contributed by atoms with van der Waals surface area (Å²) < 4.78 is 32.5. The molecule has 44 heavy (non-hydrogen) atoms. The summed E-state index contributed by atoms with van der Waals surface area (Å²) in [5, 5.41) is 0. The summed E-state index contributed by atoms with van der Waals surface area (Å²) in [5.74, 6) is -0.838. The number of allylic oxidation sites excluding steroid dienone is 2. The Morgan fingerprint density at radius 2 is 1.16 bits per heavy atom. The second-order valence-corrected chi connectivity index (χ2v) is 13.2. The number of hydrogen-bond donors (Lipinski definition) is 2. The summed E-state index contributed by atoms with van der Waals surface area (Å²) in [5.41, 5.74) is 5.31. The van der Waals surface area contributed by atoms with Gasteiger partial charge in [-0.05, 0) is 32.1 Å². The molecule has 10 heteroatoms. The van der Waals surface area contributed by atoms with E-state index in [2.05, 4.69) is 26.0 Å². The lowest BCUT2D eigenvalue weighted by atomic mass is 10.0. The van der Waals surface area contributed by atoms with Gasteiger partial charge >= 0.3 is 19.8 Å². The van der Waals surface area contributed by atoms with Crippen molar-refractivity contribution in [3.8, 4) is 0 Å². The molecule has 0 heterocycles. The van der Waals surface area contributed by atoms with E-state index in [1.807, 2.05) is 0 Å². The van der Waals surface area contributed by atoms with Gasteiger partial charge < -0.3 is 20.1 Å². The van der Waals surface area contributed by atoms with Crippen LogP contribution in [-0.4, -0.2) is 49.3 Å². The largest absolute Gasteiger partial charge is 0.472 e. The van der Waals surface area contributed by atoms with Crippen LogP contribution in [0.3, 0.4) is 0 Å². The molecule has 2 unspecified atom stereocenters. The Morgan fingerprint density at radius 3 is 1.70 bits per heavy atom. The first-order valence-electron chi connectivity index (χ1n) is 17.7. The number of hydrogen-bond acceptors (Lipinski definition) is 8. The molecule has 0 aliphatic heterocycles. The highest BCUT2D eigenvalue weighted by atomic mass is 31.2. The van der Waals surface area contributed by atoms with Crippen LogP contribution >= 0.6 is 7.82 Å². The Kier molecular flexibility index (Phi) is 30.8. The number of rotatable bonds is 33. The van der Waals surface area contributed by atoms with Crippen LogP contribution in [0.5, 0.6) is 0 Å². The molecule has 0 saturated carbocycles. The van der Waals surface area contributed by atoms with Crippen molar-refractivity contribution in [1.82, 2.24) is 0 Å². The minimum atomic E-state index is -4.36. The standard InChI is InChI=1S/C34H66NO8P/c1-3-5-7-9-11-13-15-16-17-19-20-22-24-26-33(36)40-30-32(31-42-44(38,39)41-29-28-35)43-34(37)27-25-23-21-18-14-12-10-8-6-4-2/h8,10,32H,3-7,9,11-31,35H2,1-2H3,(H,38,39)/b10-8-. The Balaban J connectivity index is 4.24. The van der Waals surface area contributed by atoms with Crippen LogP contribution in [0.15, 0.2) is 12.2 Å². The van der Waals surface area contributed by atoms with E-state index in [1.54, 1.807) is 0 Å². The molecular weight excluding hydrogens is 581 g/mol. The molecule has 0 aliphatic carbocycles. The van der Waals surface area contributed by atoms with Crippen LogP contribution in [-0.2, 0) is 32.7 Å². The van der Waals surface area contributed by atoms with Gasteiger partial charge in [0.15, 0.2) is 6.10 Å². The molecule has 0 aromatic carbocycles. The predicted octanol–water partition coefficient (Wildman–Crippen LogP) is 9.10. The lowest BCUT2D eigenvalue weighted by Crippen LogP contribution is -2.29. The normalized spacial score (nSPS) is 13.6. The molecule has 0 radical (unpaired) electrons. The maximum absolute atomic E-state index is 12.4. The van der Waals surface area contributed by atoms with E-state index in [1.165, 1.54) is 70.6 Å². The number of carbonyl (C=O) groups is 2. The quantitative estimate of drug-likeness (QED) is 0.0309. The van der Waals surface area contributed by atoms with E-state index >= 15 is 0 Å². The summed E-state index contributed by atoms with van der Waals surface area (Å²) in [6.45, 7) is 3.64. The van der Waals surface area contributed by atoms with Gasteiger partial charge in [0.05, 0.1) is 13.2 Å². The number of unbranched alkanes of at least 4 members (excludes halogenated alkanes) is 18. The van der Waals surface area contributed by atoms with Gasteiger partial charge in [0.1, 0.15) is 6.61 Å². The lowest BCUT2D eigenvalue weighted by molar-refractivity contribution is -0.161. The highest BCUT2D eigenvalue weighted by Gasteiger charge is 2.25. The maximum Gasteiger partial charge on any atom is 0.472 e. The molecule has 9 nitrogen and oxygen atoms in total. The second-order valence-electron chi connectivity index (χ2n) is 11.7. The zero-order valence-corrected chi connectivity index (χ0v) is 29.0. The second kappa shape index (κ2) is 31.7. The maximum atomic E-state index is 12.4. The molecule has 0 amide bonds. The molecule has 0 bridgehead atoms. The molecular formula is C34H66NO8P. The van der Waals surface area contributed by atoms with Gasteiger partial charge in [0.25, 0.3) is 0 Å². The van der Waals surface area contributed by atoms with Crippen LogP contribution in [0.1, 0.15) is 162 Å². The summed E-state index contributed by atoms with van der Waals surface area (Å²) in [6, 6.07) is 0. The third-order valence-electron chi connectivity index (χ3n) is 7.38. The summed E-state index contributed by atoms with van der Waals surface area (Å²) >= 11 is 0. The summed E-state index contributed by atoms with van der Waals surface area (Å²) in [4.78, 5) is 34.5. The molecule has 0 saturated heterocycles. The highest BCUT2D eigenvalue weighted by Crippen LogP contribution is 2.43. The predicted molar refractivity (Wildman–Crippen MR) is 178 cm³/mol. The molecule has 0 aromatic heterocycles. The first kappa shape index (κ1) is 42.8. The van der Waals surface area contributed by atoms with Crippen molar-refractivity contribution in [3.63, 3.8) is 0 Å². The van der Waals surface area contributed by atoms with Crippen LogP contribution in [0.4, 0.5) is 0 Å². The molecule has 0 fully saturated rings. The molecule has 3 N–H and O–H groups in total. The molecule has 0 aliphatic rings. The summed E-state index contributed by atoms with van der Waals surface area (Å²) in [7, 11) is -4.36. The van der Waals surface area contributed by atoms with Crippen molar-refractivity contribution < 1.29 is 37.6 Å². The van der Waals surface area contributed by atoms with E-state index in [0.29, 0.717) is 6.42 Å². The van der Waals surface area contributed by atoms with E-state index in [0.717, 1.165) is 57.8 Å². The van der Waals surface area contributed by atoms with Crippen LogP contribution in [0.25, 0.3) is 0 Å². The summed E-state index contributed by atoms with van der Waals surface area (Å²) in [6.07, 6.45) is 28.2. The van der Waals surface area contributed by atoms with E-state index < -0.39 is 26.5 Å². The van der Waals surface area contributed by atoms with Gasteiger partial charge in [-0.1, -0.05) is 129 Å². The van der Waals surface area contributed by atoms with Gasteiger partial charge in [-0.15, -0.1) is 0 Å². The third kappa shape index (κ3) is 30.8. The number of phosphoric acid groups is 1. The van der Waals surface area contributed by atoms with Gasteiger partial charge in [-0.3, -0.25) is 18.6 Å². The molecule has 2 atom stereocenters. The van der Waals surface area contributed by atoms with E-state index in [-0.39, 0.29) is 38.6 Å². The van der Waals surface area contributed by atoms with Crippen LogP contribution in [0, 0.1) is 0 Å². The van der Waals surface area contributed by atoms with Gasteiger partial charge in [0, 0.05) is 19.4 Å². The number of esters is 2. The highest BCUT2D eigenvalue weighted by molar-refractivity contribution is 7.47. The van der Waals surface area contributed by atoms with Crippen LogP contribution < -0.4 is 5.73 Å². The minimum Gasteiger partial charge on any atom is -0.462 e. The topological polar surface area (TPSA) is 134 Å². The molecule has 0 aromatic rings. The van der Waals surface area contributed by atoms with Crippen molar-refractivity contribution in [1.29, 1.82) is 0 Å². The van der Waals surface area contributed by atoms with Gasteiger partial charge in [0.2, 0.25) is 0 Å². The number of phosphoric ester groups is 1. The number of carbonyl (C=O) groups excluding carboxylic acids is 2. The Hall–Kier alpha value is -1.25. The fraction of sp³-hybridized carbons (Fsp3) is 0.882. The van der Waals surface area contributed by atoms with Gasteiger partial charge in [-0.25, -0.2) is 4.57 Å².